The number of benzene rings is 2. The van der Waals surface area contributed by atoms with Gasteiger partial charge < -0.3 is 9.84 Å². The van der Waals surface area contributed by atoms with Crippen LogP contribution < -0.4 is 4.74 Å². The number of ether oxygens (including phenoxy) is 1. The maximum absolute atomic E-state index is 12.4. The molecular formula is C26H36ClNO3. The Kier molecular flexibility index (Phi) is 9.54. The average Bonchev–Trinajstić information content (AvgIpc) is 3.57. The van der Waals surface area contributed by atoms with Gasteiger partial charge in [0.1, 0.15) is 5.75 Å². The highest BCUT2D eigenvalue weighted by Gasteiger charge is 2.32. The Labute approximate surface area is 193 Å². The Morgan fingerprint density at radius 3 is 2.26 bits per heavy atom. The number of nitrogens with zero attached hydrogens (tertiary/aromatic N) is 1. The van der Waals surface area contributed by atoms with E-state index in [1.807, 2.05) is 24.3 Å². The molecule has 0 saturated heterocycles. The number of halogens is 1. The first-order valence-electron chi connectivity index (χ1n) is 11.2. The second kappa shape index (κ2) is 11.7. The summed E-state index contributed by atoms with van der Waals surface area (Å²) in [5.41, 5.74) is 3.01. The van der Waals surface area contributed by atoms with E-state index in [2.05, 4.69) is 56.9 Å². The molecule has 0 spiro atoms. The van der Waals surface area contributed by atoms with Crippen molar-refractivity contribution >= 4 is 18.4 Å². The van der Waals surface area contributed by atoms with Gasteiger partial charge in [-0.05, 0) is 76.8 Å². The van der Waals surface area contributed by atoms with Gasteiger partial charge in [-0.25, -0.2) is 0 Å². The Bertz CT molecular complexity index is 826. The molecule has 0 amide bonds. The SMILES string of the molecule is CC(C)N(CC[C@H](c1ccccc1)c1cc(CO)ccc1OC(=O)C1CC1)C(C)C.Cl. The summed E-state index contributed by atoms with van der Waals surface area (Å²) in [5.74, 6) is 0.618. The lowest BCUT2D eigenvalue weighted by Gasteiger charge is -2.32. The van der Waals surface area contributed by atoms with Crippen LogP contribution >= 0.6 is 12.4 Å². The van der Waals surface area contributed by atoms with E-state index in [9.17, 15) is 9.90 Å². The molecule has 3 rings (SSSR count). The Morgan fingerprint density at radius 1 is 1.06 bits per heavy atom. The van der Waals surface area contributed by atoms with E-state index in [-0.39, 0.29) is 36.8 Å². The topological polar surface area (TPSA) is 49.8 Å². The van der Waals surface area contributed by atoms with Gasteiger partial charge in [0.2, 0.25) is 0 Å². The van der Waals surface area contributed by atoms with Crippen LogP contribution in [-0.2, 0) is 11.4 Å². The first-order chi connectivity index (χ1) is 14.4. The largest absolute Gasteiger partial charge is 0.426 e. The first-order valence-corrected chi connectivity index (χ1v) is 11.2. The molecule has 0 heterocycles. The monoisotopic (exact) mass is 445 g/mol. The maximum atomic E-state index is 12.4. The third-order valence-electron chi connectivity index (χ3n) is 5.96. The lowest BCUT2D eigenvalue weighted by molar-refractivity contribution is -0.135. The molecule has 0 radical (unpaired) electrons. The number of aliphatic hydroxyl groups excluding tert-OH is 1. The highest BCUT2D eigenvalue weighted by Crippen LogP contribution is 2.38. The molecule has 0 bridgehead atoms. The second-order valence-electron chi connectivity index (χ2n) is 8.90. The van der Waals surface area contributed by atoms with Crippen LogP contribution in [-0.4, -0.2) is 34.6 Å². The van der Waals surface area contributed by atoms with Crippen molar-refractivity contribution in [2.45, 2.75) is 71.6 Å². The van der Waals surface area contributed by atoms with Gasteiger partial charge in [-0.1, -0.05) is 36.4 Å². The molecule has 2 aromatic rings. The van der Waals surface area contributed by atoms with Gasteiger partial charge in [0.05, 0.1) is 12.5 Å². The van der Waals surface area contributed by atoms with E-state index in [0.717, 1.165) is 36.9 Å². The summed E-state index contributed by atoms with van der Waals surface area (Å²) in [7, 11) is 0. The molecular weight excluding hydrogens is 410 g/mol. The predicted molar refractivity (Wildman–Crippen MR) is 128 cm³/mol. The smallest absolute Gasteiger partial charge is 0.314 e. The van der Waals surface area contributed by atoms with Crippen LogP contribution in [0.3, 0.4) is 0 Å². The predicted octanol–water partition coefficient (Wildman–Crippen LogP) is 5.56. The van der Waals surface area contributed by atoms with Crippen LogP contribution in [0.1, 0.15) is 69.6 Å². The van der Waals surface area contributed by atoms with E-state index >= 15 is 0 Å². The van der Waals surface area contributed by atoms with Crippen LogP contribution in [0, 0.1) is 5.92 Å². The van der Waals surface area contributed by atoms with Crippen molar-refractivity contribution in [1.29, 1.82) is 0 Å². The Hall–Kier alpha value is -1.88. The fourth-order valence-corrected chi connectivity index (χ4v) is 4.15. The van der Waals surface area contributed by atoms with Crippen LogP contribution in [0.25, 0.3) is 0 Å². The van der Waals surface area contributed by atoms with E-state index in [0.29, 0.717) is 17.8 Å². The fraction of sp³-hybridized carbons (Fsp3) is 0.500. The minimum atomic E-state index is -0.134. The lowest BCUT2D eigenvalue weighted by Crippen LogP contribution is -2.38. The zero-order chi connectivity index (χ0) is 21.7. The van der Waals surface area contributed by atoms with Crippen LogP contribution in [0.5, 0.6) is 5.75 Å². The zero-order valence-electron chi connectivity index (χ0n) is 19.1. The Balaban J connectivity index is 0.00000341. The summed E-state index contributed by atoms with van der Waals surface area (Å²) in [4.78, 5) is 14.9. The van der Waals surface area contributed by atoms with Crippen molar-refractivity contribution in [3.05, 3.63) is 65.2 Å². The standard InChI is InChI=1S/C26H35NO3.ClH/c1-18(2)27(19(3)4)15-14-23(21-8-6-5-7-9-21)24-16-20(17-28)10-13-25(24)30-26(29)22-11-12-22;/h5-10,13,16,18-19,22-23,28H,11-12,14-15,17H2,1-4H3;1H/t23-;/m1./s1. The molecule has 1 aliphatic rings. The van der Waals surface area contributed by atoms with Gasteiger partial charge in [0, 0.05) is 23.6 Å². The summed E-state index contributed by atoms with van der Waals surface area (Å²) in [5, 5.41) is 9.73. The third kappa shape index (κ3) is 6.80. The van der Waals surface area contributed by atoms with Crippen LogP contribution in [0.15, 0.2) is 48.5 Å². The molecule has 1 saturated carbocycles. The Morgan fingerprint density at radius 2 is 1.71 bits per heavy atom. The summed E-state index contributed by atoms with van der Waals surface area (Å²) < 4.78 is 5.84. The van der Waals surface area contributed by atoms with Crippen molar-refractivity contribution < 1.29 is 14.6 Å². The highest BCUT2D eigenvalue weighted by molar-refractivity contribution is 5.85. The van der Waals surface area contributed by atoms with Gasteiger partial charge in [-0.2, -0.15) is 0 Å². The zero-order valence-corrected chi connectivity index (χ0v) is 19.9. The lowest BCUT2D eigenvalue weighted by atomic mass is 9.86. The van der Waals surface area contributed by atoms with E-state index in [1.54, 1.807) is 0 Å². The molecule has 0 unspecified atom stereocenters. The quantitative estimate of drug-likeness (QED) is 0.384. The van der Waals surface area contributed by atoms with Gasteiger partial charge in [-0.3, -0.25) is 9.69 Å². The number of rotatable bonds is 10. The minimum Gasteiger partial charge on any atom is -0.426 e. The van der Waals surface area contributed by atoms with Crippen LogP contribution in [0.2, 0.25) is 0 Å². The van der Waals surface area contributed by atoms with Crippen molar-refractivity contribution in [1.82, 2.24) is 4.90 Å². The molecule has 1 atom stereocenters. The molecule has 31 heavy (non-hydrogen) atoms. The number of carbonyl (C=O) groups is 1. The highest BCUT2D eigenvalue weighted by atomic mass is 35.5. The van der Waals surface area contributed by atoms with Gasteiger partial charge in [-0.15, -0.1) is 12.4 Å². The average molecular weight is 446 g/mol. The van der Waals surface area contributed by atoms with Gasteiger partial charge in [0.15, 0.2) is 0 Å². The number of aliphatic hydroxyl groups is 1. The van der Waals surface area contributed by atoms with E-state index in [4.69, 9.17) is 4.74 Å². The van der Waals surface area contributed by atoms with E-state index < -0.39 is 0 Å². The van der Waals surface area contributed by atoms with Crippen molar-refractivity contribution in [3.8, 4) is 5.75 Å². The molecule has 0 aliphatic heterocycles. The molecule has 5 heteroatoms. The molecule has 1 fully saturated rings. The molecule has 1 aliphatic carbocycles. The van der Waals surface area contributed by atoms with Gasteiger partial charge in [0.25, 0.3) is 0 Å². The molecule has 2 aromatic carbocycles. The van der Waals surface area contributed by atoms with E-state index in [1.165, 1.54) is 5.56 Å². The fourth-order valence-electron chi connectivity index (χ4n) is 4.15. The van der Waals surface area contributed by atoms with Crippen molar-refractivity contribution in [3.63, 3.8) is 0 Å². The summed E-state index contributed by atoms with van der Waals surface area (Å²) in [6.07, 6.45) is 2.74. The normalized spacial score (nSPS) is 14.6. The summed E-state index contributed by atoms with van der Waals surface area (Å²) >= 11 is 0. The van der Waals surface area contributed by atoms with Crippen molar-refractivity contribution in [2.75, 3.05) is 6.54 Å². The minimum absolute atomic E-state index is 0. The number of carbonyl (C=O) groups excluding carboxylic acids is 1. The maximum Gasteiger partial charge on any atom is 0.314 e. The molecule has 170 valence electrons. The summed E-state index contributed by atoms with van der Waals surface area (Å²) in [6, 6.07) is 17.0. The third-order valence-corrected chi connectivity index (χ3v) is 5.96. The van der Waals surface area contributed by atoms with Crippen LogP contribution in [0.4, 0.5) is 0 Å². The van der Waals surface area contributed by atoms with Crippen molar-refractivity contribution in [2.24, 2.45) is 5.92 Å². The number of hydrogen-bond acceptors (Lipinski definition) is 4. The molecule has 0 aromatic heterocycles. The second-order valence-corrected chi connectivity index (χ2v) is 8.90. The number of hydrogen-bond donors (Lipinski definition) is 1. The first kappa shape index (κ1) is 25.4. The molecule has 1 N–H and O–H groups in total. The number of esters is 1. The van der Waals surface area contributed by atoms with Gasteiger partial charge >= 0.3 is 5.97 Å². The summed E-state index contributed by atoms with van der Waals surface area (Å²) in [6.45, 7) is 9.82. The molecule has 4 nitrogen and oxygen atoms in total.